The van der Waals surface area contributed by atoms with Gasteiger partial charge in [-0.25, -0.2) is 4.79 Å². The first-order valence-corrected chi connectivity index (χ1v) is 11.5. The van der Waals surface area contributed by atoms with E-state index in [1.165, 1.54) is 7.11 Å². The molecule has 3 aromatic rings. The zero-order chi connectivity index (χ0) is 25.9. The van der Waals surface area contributed by atoms with Crippen LogP contribution in [0.25, 0.3) is 11.4 Å². The van der Waals surface area contributed by atoms with Crippen molar-refractivity contribution in [3.63, 3.8) is 0 Å². The summed E-state index contributed by atoms with van der Waals surface area (Å²) in [7, 11) is 1.32. The molecule has 1 atom stereocenters. The Morgan fingerprint density at radius 1 is 1.06 bits per heavy atom. The minimum absolute atomic E-state index is 0.0285. The molecular formula is C28H25N3O5. The number of carbonyl (C=O) groups is 2. The first-order valence-electron chi connectivity index (χ1n) is 11.5. The van der Waals surface area contributed by atoms with E-state index in [2.05, 4.69) is 5.32 Å². The van der Waals surface area contributed by atoms with E-state index in [1.54, 1.807) is 32.0 Å². The van der Waals surface area contributed by atoms with Crippen molar-refractivity contribution in [2.24, 2.45) is 0 Å². The predicted octanol–water partition coefficient (Wildman–Crippen LogP) is 5.05. The molecule has 36 heavy (non-hydrogen) atoms. The number of Topliss-reactive ketones (excluding diaryl/α,β-unsaturated/α-hetero) is 1. The summed E-state index contributed by atoms with van der Waals surface area (Å²) in [6, 6.07) is 14.4. The smallest absolute Gasteiger partial charge is 0.336 e. The molecule has 8 heteroatoms. The molecule has 0 amide bonds. The maximum Gasteiger partial charge on any atom is 0.336 e. The number of esters is 1. The van der Waals surface area contributed by atoms with E-state index in [-0.39, 0.29) is 11.5 Å². The summed E-state index contributed by atoms with van der Waals surface area (Å²) >= 11 is 0. The summed E-state index contributed by atoms with van der Waals surface area (Å²) in [5.41, 5.74) is 7.17. The molecule has 1 N–H and O–H groups in total. The molecule has 182 valence electrons. The fourth-order valence-electron chi connectivity index (χ4n) is 5.43. The Balaban J connectivity index is 1.74. The molecule has 1 aromatic heterocycles. The van der Waals surface area contributed by atoms with Gasteiger partial charge in [-0.3, -0.25) is 14.9 Å². The number of ether oxygens (including phenoxy) is 1. The van der Waals surface area contributed by atoms with Gasteiger partial charge in [-0.15, -0.1) is 0 Å². The fourth-order valence-corrected chi connectivity index (χ4v) is 5.43. The maximum absolute atomic E-state index is 13.7. The van der Waals surface area contributed by atoms with Crippen molar-refractivity contribution in [2.75, 3.05) is 7.11 Å². The molecule has 1 aliphatic heterocycles. The predicted molar refractivity (Wildman–Crippen MR) is 135 cm³/mol. The van der Waals surface area contributed by atoms with E-state index in [0.717, 1.165) is 22.5 Å². The topological polar surface area (TPSA) is 103 Å². The molecule has 0 radical (unpaired) electrons. The number of hydrogen-bond donors (Lipinski definition) is 1. The van der Waals surface area contributed by atoms with Gasteiger partial charge in [-0.2, -0.15) is 0 Å². The van der Waals surface area contributed by atoms with Crippen LogP contribution in [-0.2, 0) is 9.53 Å². The van der Waals surface area contributed by atoms with Crippen LogP contribution in [0.3, 0.4) is 0 Å². The monoisotopic (exact) mass is 483 g/mol. The number of allylic oxidation sites excluding steroid dienone is 2. The maximum atomic E-state index is 13.7. The molecule has 2 aliphatic rings. The van der Waals surface area contributed by atoms with Gasteiger partial charge in [-0.1, -0.05) is 30.3 Å². The van der Waals surface area contributed by atoms with E-state index in [4.69, 9.17) is 4.74 Å². The van der Waals surface area contributed by atoms with Gasteiger partial charge in [0.05, 0.1) is 34.9 Å². The van der Waals surface area contributed by atoms with Gasteiger partial charge in [0.25, 0.3) is 5.69 Å². The van der Waals surface area contributed by atoms with Gasteiger partial charge in [-0.05, 0) is 45.4 Å². The highest BCUT2D eigenvalue weighted by molar-refractivity contribution is 6.23. The fraction of sp³-hybridized carbons (Fsp3) is 0.214. The molecule has 1 aliphatic carbocycles. The Bertz CT molecular complexity index is 1560. The standard InChI is InChI=1S/C28H25N3O5/c1-14-10-11-18(13-22(14)31(34)35)30-15(2)12-21(17(30)4)24-23(28(33)36-5)16(3)29-26-19-8-6-7-9-20(19)27(32)25(24)26/h6-13,24,29H,1-5H3/t24-/m1/s1. The molecule has 2 aromatic carbocycles. The van der Waals surface area contributed by atoms with Crippen LogP contribution in [0, 0.1) is 30.9 Å². The van der Waals surface area contributed by atoms with Crippen LogP contribution in [0.2, 0.25) is 0 Å². The molecule has 0 spiro atoms. The number of benzene rings is 2. The van der Waals surface area contributed by atoms with Crippen molar-refractivity contribution in [1.82, 2.24) is 9.88 Å². The van der Waals surface area contributed by atoms with E-state index < -0.39 is 16.8 Å². The average Bonchev–Trinajstić information content (AvgIpc) is 3.31. The van der Waals surface area contributed by atoms with Gasteiger partial charge in [0, 0.05) is 45.4 Å². The number of ketones is 1. The van der Waals surface area contributed by atoms with Gasteiger partial charge < -0.3 is 14.6 Å². The Hall–Kier alpha value is -4.46. The van der Waals surface area contributed by atoms with E-state index in [9.17, 15) is 19.7 Å². The van der Waals surface area contributed by atoms with Crippen LogP contribution < -0.4 is 5.32 Å². The number of aryl methyl sites for hydroxylation is 2. The molecule has 8 nitrogen and oxygen atoms in total. The number of carbonyl (C=O) groups excluding carboxylic acids is 2. The van der Waals surface area contributed by atoms with Gasteiger partial charge >= 0.3 is 5.97 Å². The Morgan fingerprint density at radius 2 is 1.75 bits per heavy atom. The molecule has 2 heterocycles. The number of dihydropyridines is 1. The third-order valence-corrected chi connectivity index (χ3v) is 7.08. The highest BCUT2D eigenvalue weighted by Crippen LogP contribution is 2.48. The summed E-state index contributed by atoms with van der Waals surface area (Å²) < 4.78 is 7.05. The number of hydrogen-bond acceptors (Lipinski definition) is 6. The summed E-state index contributed by atoms with van der Waals surface area (Å²) in [5, 5.41) is 14.9. The summed E-state index contributed by atoms with van der Waals surface area (Å²) in [5.74, 6) is -1.31. The second-order valence-corrected chi connectivity index (χ2v) is 9.14. The van der Waals surface area contributed by atoms with Crippen LogP contribution in [0.4, 0.5) is 5.69 Å². The number of methoxy groups -OCH3 is 1. The van der Waals surface area contributed by atoms with Crippen molar-refractivity contribution in [3.8, 4) is 5.69 Å². The second-order valence-electron chi connectivity index (χ2n) is 9.14. The summed E-state index contributed by atoms with van der Waals surface area (Å²) in [6.07, 6.45) is 0. The average molecular weight is 484 g/mol. The second kappa shape index (κ2) is 8.34. The zero-order valence-electron chi connectivity index (χ0n) is 20.6. The van der Waals surface area contributed by atoms with E-state index >= 15 is 0 Å². The molecule has 0 saturated heterocycles. The number of aromatic nitrogens is 1. The molecule has 0 fully saturated rings. The molecule has 5 rings (SSSR count). The summed E-state index contributed by atoms with van der Waals surface area (Å²) in [6.45, 7) is 7.30. The number of nitrogens with zero attached hydrogens (tertiary/aromatic N) is 2. The molecule has 0 bridgehead atoms. The van der Waals surface area contributed by atoms with Gasteiger partial charge in [0.1, 0.15) is 0 Å². The Labute approximate surface area is 208 Å². The summed E-state index contributed by atoms with van der Waals surface area (Å²) in [4.78, 5) is 37.9. The van der Waals surface area contributed by atoms with Gasteiger partial charge in [0.2, 0.25) is 0 Å². The highest BCUT2D eigenvalue weighted by Gasteiger charge is 2.44. The number of fused-ring (bicyclic) bond motifs is 2. The minimum atomic E-state index is -0.658. The highest BCUT2D eigenvalue weighted by atomic mass is 16.6. The van der Waals surface area contributed by atoms with Crippen molar-refractivity contribution in [3.05, 3.63) is 109 Å². The van der Waals surface area contributed by atoms with E-state index in [0.29, 0.717) is 39.4 Å². The van der Waals surface area contributed by atoms with E-state index in [1.807, 2.05) is 48.7 Å². The van der Waals surface area contributed by atoms with Crippen LogP contribution in [0.5, 0.6) is 0 Å². The molecular weight excluding hydrogens is 458 g/mol. The van der Waals surface area contributed by atoms with Crippen molar-refractivity contribution >= 4 is 23.1 Å². The lowest BCUT2D eigenvalue weighted by Gasteiger charge is -2.29. The first-order chi connectivity index (χ1) is 17.1. The Kier molecular flexibility index (Phi) is 5.39. The SMILES string of the molecule is COC(=O)C1=C(C)NC2=C(C(=O)c3ccccc32)[C@@H]1c1cc(C)n(-c2ccc(C)c([N+](=O)[O-])c2)c1C. The third-order valence-electron chi connectivity index (χ3n) is 7.08. The molecule has 0 unspecified atom stereocenters. The number of nitrogens with one attached hydrogen (secondary N) is 1. The number of nitro benzene ring substituents is 1. The lowest BCUT2D eigenvalue weighted by atomic mass is 9.79. The lowest BCUT2D eigenvalue weighted by Crippen LogP contribution is -2.29. The Morgan fingerprint density at radius 3 is 2.42 bits per heavy atom. The van der Waals surface area contributed by atoms with Crippen LogP contribution in [0.1, 0.15) is 51.3 Å². The van der Waals surface area contributed by atoms with Crippen LogP contribution in [-0.4, -0.2) is 28.4 Å². The molecule has 0 saturated carbocycles. The quantitative estimate of drug-likeness (QED) is 0.316. The first kappa shape index (κ1) is 23.3. The van der Waals surface area contributed by atoms with Crippen molar-refractivity contribution in [1.29, 1.82) is 0 Å². The minimum Gasteiger partial charge on any atom is -0.466 e. The van der Waals surface area contributed by atoms with Gasteiger partial charge in [0.15, 0.2) is 5.78 Å². The largest absolute Gasteiger partial charge is 0.466 e. The number of nitro groups is 1. The zero-order valence-corrected chi connectivity index (χ0v) is 20.6. The van der Waals surface area contributed by atoms with Crippen molar-refractivity contribution in [2.45, 2.75) is 33.6 Å². The number of rotatable bonds is 4. The lowest BCUT2D eigenvalue weighted by molar-refractivity contribution is -0.385. The van der Waals surface area contributed by atoms with Crippen molar-refractivity contribution < 1.29 is 19.2 Å². The van der Waals surface area contributed by atoms with Crippen LogP contribution in [0.15, 0.2) is 65.4 Å². The van der Waals surface area contributed by atoms with Crippen LogP contribution >= 0.6 is 0 Å². The third kappa shape index (κ3) is 3.29. The normalized spacial score (nSPS) is 16.6.